The van der Waals surface area contributed by atoms with Gasteiger partial charge < -0.3 is 5.11 Å². The van der Waals surface area contributed by atoms with Crippen LogP contribution in [0.15, 0.2) is 35.2 Å². The molecule has 0 heterocycles. The van der Waals surface area contributed by atoms with Gasteiger partial charge in [-0.1, -0.05) is 18.2 Å². The Labute approximate surface area is 83.2 Å². The minimum absolute atomic E-state index is 0.0924. The highest BCUT2D eigenvalue weighted by Crippen LogP contribution is 2.34. The lowest BCUT2D eigenvalue weighted by Gasteiger charge is -2.07. The zero-order valence-electron chi connectivity index (χ0n) is 7.52. The standard InChI is InChI=1S/C11H14OS/c12-11(9-6-7-9)8-13-10-4-2-1-3-5-10/h1-5,9,11-12H,6-8H2. The normalized spacial score (nSPS) is 18.5. The van der Waals surface area contributed by atoms with Gasteiger partial charge >= 0.3 is 0 Å². The average molecular weight is 194 g/mol. The maximum Gasteiger partial charge on any atom is 0.0662 e. The number of aliphatic hydroxyl groups is 1. The van der Waals surface area contributed by atoms with Crippen LogP contribution in [0.3, 0.4) is 0 Å². The number of thioether (sulfide) groups is 1. The first-order chi connectivity index (χ1) is 6.36. The van der Waals surface area contributed by atoms with Crippen molar-refractivity contribution in [2.45, 2.75) is 23.8 Å². The second kappa shape index (κ2) is 4.16. The van der Waals surface area contributed by atoms with Gasteiger partial charge in [0.1, 0.15) is 0 Å². The van der Waals surface area contributed by atoms with Crippen molar-refractivity contribution in [3.05, 3.63) is 30.3 Å². The van der Waals surface area contributed by atoms with Crippen LogP contribution in [0.5, 0.6) is 0 Å². The fourth-order valence-electron chi connectivity index (χ4n) is 1.32. The first-order valence-corrected chi connectivity index (χ1v) is 5.71. The lowest BCUT2D eigenvalue weighted by molar-refractivity contribution is 0.176. The Morgan fingerprint density at radius 1 is 1.31 bits per heavy atom. The van der Waals surface area contributed by atoms with Crippen LogP contribution in [-0.2, 0) is 0 Å². The van der Waals surface area contributed by atoms with Gasteiger partial charge in [-0.15, -0.1) is 11.8 Å². The summed E-state index contributed by atoms with van der Waals surface area (Å²) in [7, 11) is 0. The first-order valence-electron chi connectivity index (χ1n) is 4.72. The molecule has 0 saturated heterocycles. The van der Waals surface area contributed by atoms with Crippen LogP contribution in [0, 0.1) is 5.92 Å². The zero-order chi connectivity index (χ0) is 9.10. The maximum absolute atomic E-state index is 9.63. The lowest BCUT2D eigenvalue weighted by atomic mass is 10.3. The van der Waals surface area contributed by atoms with Gasteiger partial charge in [0.05, 0.1) is 6.10 Å². The molecule has 13 heavy (non-hydrogen) atoms. The minimum Gasteiger partial charge on any atom is -0.392 e. The Hall–Kier alpha value is -0.470. The highest BCUT2D eigenvalue weighted by molar-refractivity contribution is 7.99. The van der Waals surface area contributed by atoms with Gasteiger partial charge in [0, 0.05) is 10.6 Å². The van der Waals surface area contributed by atoms with Crippen molar-refractivity contribution in [2.75, 3.05) is 5.75 Å². The monoisotopic (exact) mass is 194 g/mol. The molecule has 1 aromatic carbocycles. The molecular formula is C11H14OS. The summed E-state index contributed by atoms with van der Waals surface area (Å²) < 4.78 is 0. The van der Waals surface area contributed by atoms with Crippen molar-refractivity contribution in [3.63, 3.8) is 0 Å². The van der Waals surface area contributed by atoms with Gasteiger partial charge in [-0.25, -0.2) is 0 Å². The fraction of sp³-hybridized carbons (Fsp3) is 0.455. The Bertz CT molecular complexity index is 256. The Morgan fingerprint density at radius 2 is 2.00 bits per heavy atom. The van der Waals surface area contributed by atoms with E-state index in [1.165, 1.54) is 17.7 Å². The molecule has 1 aromatic rings. The summed E-state index contributed by atoms with van der Waals surface area (Å²) in [6, 6.07) is 10.3. The van der Waals surface area contributed by atoms with Crippen LogP contribution >= 0.6 is 11.8 Å². The van der Waals surface area contributed by atoms with Crippen molar-refractivity contribution in [3.8, 4) is 0 Å². The quantitative estimate of drug-likeness (QED) is 0.743. The van der Waals surface area contributed by atoms with E-state index in [0.29, 0.717) is 5.92 Å². The number of hydrogen-bond acceptors (Lipinski definition) is 2. The molecule has 1 nitrogen and oxygen atoms in total. The third kappa shape index (κ3) is 2.75. The molecule has 2 rings (SSSR count). The highest BCUT2D eigenvalue weighted by Gasteiger charge is 2.29. The summed E-state index contributed by atoms with van der Waals surface area (Å²) in [5, 5.41) is 9.63. The van der Waals surface area contributed by atoms with Crippen LogP contribution in [0.4, 0.5) is 0 Å². The average Bonchev–Trinajstić information content (AvgIpc) is 2.99. The largest absolute Gasteiger partial charge is 0.392 e. The Kier molecular flexibility index (Phi) is 2.91. The summed E-state index contributed by atoms with van der Waals surface area (Å²) in [4.78, 5) is 1.25. The fourth-order valence-corrected chi connectivity index (χ4v) is 2.30. The van der Waals surface area contributed by atoms with Crippen molar-refractivity contribution in [2.24, 2.45) is 5.92 Å². The van der Waals surface area contributed by atoms with Crippen LogP contribution in [-0.4, -0.2) is 17.0 Å². The molecule has 1 N–H and O–H groups in total. The molecule has 1 saturated carbocycles. The first kappa shape index (κ1) is 9.10. The predicted octanol–water partition coefficient (Wildman–Crippen LogP) is 2.55. The summed E-state index contributed by atoms with van der Waals surface area (Å²) in [5.74, 6) is 1.44. The Morgan fingerprint density at radius 3 is 2.62 bits per heavy atom. The van der Waals surface area contributed by atoms with Crippen LogP contribution in [0.1, 0.15) is 12.8 Å². The van der Waals surface area contributed by atoms with Gasteiger partial charge in [-0.05, 0) is 30.9 Å². The summed E-state index contributed by atoms with van der Waals surface area (Å²) in [6.07, 6.45) is 2.35. The maximum atomic E-state index is 9.63. The molecule has 70 valence electrons. The molecular weight excluding hydrogens is 180 g/mol. The summed E-state index contributed by atoms with van der Waals surface area (Å²) in [5.41, 5.74) is 0. The van der Waals surface area contributed by atoms with Crippen molar-refractivity contribution >= 4 is 11.8 Å². The molecule has 0 bridgehead atoms. The molecule has 1 atom stereocenters. The van der Waals surface area contributed by atoms with E-state index in [2.05, 4.69) is 12.1 Å². The van der Waals surface area contributed by atoms with Gasteiger partial charge in [-0.3, -0.25) is 0 Å². The van der Waals surface area contributed by atoms with E-state index in [1.54, 1.807) is 11.8 Å². The lowest BCUT2D eigenvalue weighted by Crippen LogP contribution is -2.11. The van der Waals surface area contributed by atoms with Crippen LogP contribution < -0.4 is 0 Å². The number of hydrogen-bond donors (Lipinski definition) is 1. The van der Waals surface area contributed by atoms with E-state index in [9.17, 15) is 5.11 Å². The number of aliphatic hydroxyl groups excluding tert-OH is 1. The third-order valence-electron chi connectivity index (χ3n) is 2.33. The Balaban J connectivity index is 1.78. The molecule has 0 aliphatic heterocycles. The molecule has 0 spiro atoms. The van der Waals surface area contributed by atoms with Gasteiger partial charge in [0.2, 0.25) is 0 Å². The van der Waals surface area contributed by atoms with Gasteiger partial charge in [0.25, 0.3) is 0 Å². The van der Waals surface area contributed by atoms with E-state index in [4.69, 9.17) is 0 Å². The highest BCUT2D eigenvalue weighted by atomic mass is 32.2. The van der Waals surface area contributed by atoms with Crippen LogP contribution in [0.2, 0.25) is 0 Å². The second-order valence-corrected chi connectivity index (χ2v) is 4.62. The van der Waals surface area contributed by atoms with E-state index < -0.39 is 0 Å². The second-order valence-electron chi connectivity index (χ2n) is 3.53. The summed E-state index contributed by atoms with van der Waals surface area (Å²) in [6.45, 7) is 0. The van der Waals surface area contributed by atoms with E-state index >= 15 is 0 Å². The predicted molar refractivity (Wildman–Crippen MR) is 55.9 cm³/mol. The van der Waals surface area contributed by atoms with E-state index in [-0.39, 0.29) is 6.10 Å². The molecule has 1 unspecified atom stereocenters. The zero-order valence-corrected chi connectivity index (χ0v) is 8.33. The topological polar surface area (TPSA) is 20.2 Å². The van der Waals surface area contributed by atoms with Crippen molar-refractivity contribution < 1.29 is 5.11 Å². The van der Waals surface area contributed by atoms with Crippen molar-refractivity contribution in [1.29, 1.82) is 0 Å². The van der Waals surface area contributed by atoms with Crippen molar-refractivity contribution in [1.82, 2.24) is 0 Å². The smallest absolute Gasteiger partial charge is 0.0662 e. The number of benzene rings is 1. The third-order valence-corrected chi connectivity index (χ3v) is 3.44. The molecule has 1 aliphatic carbocycles. The summed E-state index contributed by atoms with van der Waals surface area (Å²) >= 11 is 1.75. The molecule has 1 aliphatic rings. The molecule has 0 aromatic heterocycles. The van der Waals surface area contributed by atoms with Gasteiger partial charge in [-0.2, -0.15) is 0 Å². The van der Waals surface area contributed by atoms with E-state index in [1.807, 2.05) is 18.2 Å². The molecule has 1 fully saturated rings. The minimum atomic E-state index is -0.0924. The molecule has 0 amide bonds. The molecule has 0 radical (unpaired) electrons. The van der Waals surface area contributed by atoms with Crippen LogP contribution in [0.25, 0.3) is 0 Å². The number of rotatable bonds is 4. The molecule has 2 heteroatoms. The SMILES string of the molecule is OC(CSc1ccccc1)C1CC1. The van der Waals surface area contributed by atoms with E-state index in [0.717, 1.165) is 5.75 Å². The van der Waals surface area contributed by atoms with Gasteiger partial charge in [0.15, 0.2) is 0 Å².